The van der Waals surface area contributed by atoms with Gasteiger partial charge in [-0.25, -0.2) is 4.79 Å². The number of carbonyl (C=O) groups is 2. The van der Waals surface area contributed by atoms with Crippen LogP contribution in [0.25, 0.3) is 0 Å². The number of ether oxygens (including phenoxy) is 2. The van der Waals surface area contributed by atoms with E-state index in [0.29, 0.717) is 24.7 Å². The SMILES string of the molecule is CC(=O)OC[C@H]1CCCC[C@H]1COC(=O)c1ccccc1. The minimum absolute atomic E-state index is 0.249. The second kappa shape index (κ2) is 7.81. The summed E-state index contributed by atoms with van der Waals surface area (Å²) >= 11 is 0. The topological polar surface area (TPSA) is 52.6 Å². The highest BCUT2D eigenvalue weighted by atomic mass is 16.5. The van der Waals surface area contributed by atoms with Crippen LogP contribution >= 0.6 is 0 Å². The molecule has 0 amide bonds. The lowest BCUT2D eigenvalue weighted by Crippen LogP contribution is -2.29. The molecule has 1 aromatic carbocycles. The first-order valence-corrected chi connectivity index (χ1v) is 7.52. The molecule has 0 N–H and O–H groups in total. The molecule has 114 valence electrons. The fourth-order valence-corrected chi connectivity index (χ4v) is 2.79. The van der Waals surface area contributed by atoms with E-state index in [4.69, 9.17) is 9.47 Å². The van der Waals surface area contributed by atoms with Crippen LogP contribution in [0.1, 0.15) is 43.0 Å². The first-order valence-electron chi connectivity index (χ1n) is 7.52. The fraction of sp³-hybridized carbons (Fsp3) is 0.529. The molecular formula is C17H22O4. The molecule has 0 spiro atoms. The number of hydrogen-bond acceptors (Lipinski definition) is 4. The van der Waals surface area contributed by atoms with Crippen molar-refractivity contribution in [2.75, 3.05) is 13.2 Å². The highest BCUT2D eigenvalue weighted by molar-refractivity contribution is 5.89. The molecule has 21 heavy (non-hydrogen) atoms. The third-order valence-electron chi connectivity index (χ3n) is 4.01. The van der Waals surface area contributed by atoms with E-state index in [1.54, 1.807) is 12.1 Å². The van der Waals surface area contributed by atoms with Crippen LogP contribution in [0.3, 0.4) is 0 Å². The van der Waals surface area contributed by atoms with Gasteiger partial charge >= 0.3 is 11.9 Å². The average Bonchev–Trinajstić information content (AvgIpc) is 2.52. The number of hydrogen-bond donors (Lipinski definition) is 0. The summed E-state index contributed by atoms with van der Waals surface area (Å²) in [6.45, 7) is 2.26. The van der Waals surface area contributed by atoms with E-state index >= 15 is 0 Å². The van der Waals surface area contributed by atoms with Crippen molar-refractivity contribution in [3.63, 3.8) is 0 Å². The van der Waals surface area contributed by atoms with Gasteiger partial charge in [-0.15, -0.1) is 0 Å². The maximum absolute atomic E-state index is 12.0. The van der Waals surface area contributed by atoms with E-state index in [0.717, 1.165) is 25.7 Å². The Labute approximate surface area is 125 Å². The van der Waals surface area contributed by atoms with Crippen LogP contribution in [0.2, 0.25) is 0 Å². The molecule has 0 bridgehead atoms. The summed E-state index contributed by atoms with van der Waals surface area (Å²) in [7, 11) is 0. The Hall–Kier alpha value is -1.84. The van der Waals surface area contributed by atoms with Crippen LogP contribution in [-0.4, -0.2) is 25.2 Å². The zero-order valence-corrected chi connectivity index (χ0v) is 12.4. The van der Waals surface area contributed by atoms with Gasteiger partial charge in [-0.2, -0.15) is 0 Å². The summed E-state index contributed by atoms with van der Waals surface area (Å²) in [4.78, 5) is 22.9. The average molecular weight is 290 g/mol. The molecule has 0 heterocycles. The lowest BCUT2D eigenvalue weighted by atomic mass is 9.80. The van der Waals surface area contributed by atoms with Crippen LogP contribution in [0, 0.1) is 11.8 Å². The highest BCUT2D eigenvalue weighted by Crippen LogP contribution is 2.30. The van der Waals surface area contributed by atoms with Crippen LogP contribution in [0.5, 0.6) is 0 Å². The van der Waals surface area contributed by atoms with Crippen molar-refractivity contribution in [1.29, 1.82) is 0 Å². The van der Waals surface area contributed by atoms with Gasteiger partial charge in [0.1, 0.15) is 0 Å². The second-order valence-corrected chi connectivity index (χ2v) is 5.57. The molecule has 0 saturated heterocycles. The normalized spacial score (nSPS) is 21.6. The third kappa shape index (κ3) is 4.88. The quantitative estimate of drug-likeness (QED) is 0.781. The van der Waals surface area contributed by atoms with Crippen LogP contribution in [0.15, 0.2) is 30.3 Å². The monoisotopic (exact) mass is 290 g/mol. The Morgan fingerprint density at radius 2 is 1.57 bits per heavy atom. The van der Waals surface area contributed by atoms with Gasteiger partial charge in [0, 0.05) is 6.92 Å². The van der Waals surface area contributed by atoms with Gasteiger partial charge in [0.25, 0.3) is 0 Å². The van der Waals surface area contributed by atoms with Crippen molar-refractivity contribution < 1.29 is 19.1 Å². The largest absolute Gasteiger partial charge is 0.466 e. The Kier molecular flexibility index (Phi) is 5.78. The minimum Gasteiger partial charge on any atom is -0.466 e. The van der Waals surface area contributed by atoms with Crippen molar-refractivity contribution >= 4 is 11.9 Å². The van der Waals surface area contributed by atoms with Crippen molar-refractivity contribution in [2.45, 2.75) is 32.6 Å². The van der Waals surface area contributed by atoms with Crippen molar-refractivity contribution in [3.05, 3.63) is 35.9 Å². The maximum atomic E-state index is 12.0. The molecule has 4 nitrogen and oxygen atoms in total. The maximum Gasteiger partial charge on any atom is 0.338 e. The molecule has 4 heteroatoms. The molecule has 1 saturated carbocycles. The highest BCUT2D eigenvalue weighted by Gasteiger charge is 2.27. The predicted molar refractivity (Wildman–Crippen MR) is 78.8 cm³/mol. The minimum atomic E-state index is -0.285. The Balaban J connectivity index is 1.84. The first kappa shape index (κ1) is 15.5. The molecule has 0 aliphatic heterocycles. The summed E-state index contributed by atoms with van der Waals surface area (Å²) < 4.78 is 10.5. The lowest BCUT2D eigenvalue weighted by molar-refractivity contribution is -0.143. The van der Waals surface area contributed by atoms with E-state index < -0.39 is 0 Å². The Morgan fingerprint density at radius 1 is 1.00 bits per heavy atom. The third-order valence-corrected chi connectivity index (χ3v) is 4.01. The smallest absolute Gasteiger partial charge is 0.338 e. The molecule has 1 aliphatic carbocycles. The van der Waals surface area contributed by atoms with Gasteiger partial charge in [-0.05, 0) is 36.8 Å². The van der Waals surface area contributed by atoms with Gasteiger partial charge in [-0.3, -0.25) is 4.79 Å². The second-order valence-electron chi connectivity index (χ2n) is 5.57. The summed E-state index contributed by atoms with van der Waals surface area (Å²) in [6.07, 6.45) is 4.34. The number of benzene rings is 1. The Morgan fingerprint density at radius 3 is 2.14 bits per heavy atom. The van der Waals surface area contributed by atoms with E-state index in [9.17, 15) is 9.59 Å². The van der Waals surface area contributed by atoms with Gasteiger partial charge in [0.05, 0.1) is 18.8 Å². The summed E-state index contributed by atoms with van der Waals surface area (Å²) in [5.74, 6) is 0.0463. The molecule has 0 radical (unpaired) electrons. The standard InChI is InChI=1S/C17H22O4/c1-13(18)20-11-15-9-5-6-10-16(15)12-21-17(19)14-7-3-2-4-8-14/h2-4,7-8,15-16H,5-6,9-12H2,1H3/t15-,16+/m1/s1. The summed E-state index contributed by atoms with van der Waals surface area (Å²) in [5.41, 5.74) is 0.574. The van der Waals surface area contributed by atoms with Crippen molar-refractivity contribution in [2.24, 2.45) is 11.8 Å². The molecule has 1 aromatic rings. The zero-order chi connectivity index (χ0) is 15.1. The van der Waals surface area contributed by atoms with Gasteiger partial charge in [0.15, 0.2) is 0 Å². The van der Waals surface area contributed by atoms with Crippen molar-refractivity contribution in [1.82, 2.24) is 0 Å². The van der Waals surface area contributed by atoms with E-state index in [1.807, 2.05) is 18.2 Å². The van der Waals surface area contributed by atoms with Crippen LogP contribution < -0.4 is 0 Å². The van der Waals surface area contributed by atoms with E-state index in [1.165, 1.54) is 6.92 Å². The Bertz CT molecular complexity index is 469. The molecule has 2 rings (SSSR count). The molecule has 0 unspecified atom stereocenters. The molecule has 1 fully saturated rings. The van der Waals surface area contributed by atoms with Gasteiger partial charge in [-0.1, -0.05) is 31.0 Å². The number of esters is 2. The zero-order valence-electron chi connectivity index (χ0n) is 12.4. The molecular weight excluding hydrogens is 268 g/mol. The van der Waals surface area contributed by atoms with Crippen LogP contribution in [-0.2, 0) is 14.3 Å². The van der Waals surface area contributed by atoms with Gasteiger partial charge in [0.2, 0.25) is 0 Å². The first-order chi connectivity index (χ1) is 10.2. The number of rotatable bonds is 5. The molecule has 1 aliphatic rings. The van der Waals surface area contributed by atoms with E-state index in [2.05, 4.69) is 0 Å². The van der Waals surface area contributed by atoms with Crippen molar-refractivity contribution in [3.8, 4) is 0 Å². The van der Waals surface area contributed by atoms with Crippen LogP contribution in [0.4, 0.5) is 0 Å². The predicted octanol–water partition coefficient (Wildman–Crippen LogP) is 3.21. The molecule has 0 aromatic heterocycles. The number of carbonyl (C=O) groups excluding carboxylic acids is 2. The molecule has 2 atom stereocenters. The summed E-state index contributed by atoms with van der Waals surface area (Å²) in [5, 5.41) is 0. The van der Waals surface area contributed by atoms with E-state index in [-0.39, 0.29) is 17.9 Å². The lowest BCUT2D eigenvalue weighted by Gasteiger charge is -2.30. The fourth-order valence-electron chi connectivity index (χ4n) is 2.79. The van der Waals surface area contributed by atoms with Gasteiger partial charge < -0.3 is 9.47 Å². The summed E-state index contributed by atoms with van der Waals surface area (Å²) in [6, 6.07) is 9.01.